The molecule has 92 valence electrons. The Labute approximate surface area is 93.5 Å². The van der Waals surface area contributed by atoms with Crippen LogP contribution < -0.4 is 0 Å². The van der Waals surface area contributed by atoms with Gasteiger partial charge in [0.25, 0.3) is 0 Å². The van der Waals surface area contributed by atoms with Gasteiger partial charge in [-0.3, -0.25) is 9.11 Å². The Bertz CT molecular complexity index is 357. The van der Waals surface area contributed by atoms with Crippen LogP contribution in [0.3, 0.4) is 0 Å². The van der Waals surface area contributed by atoms with E-state index in [1.807, 2.05) is 13.8 Å². The van der Waals surface area contributed by atoms with Gasteiger partial charge in [0, 0.05) is 0 Å². The third-order valence-corrected chi connectivity index (χ3v) is 3.77. The third kappa shape index (κ3) is 2.50. The van der Waals surface area contributed by atoms with Crippen molar-refractivity contribution in [1.29, 1.82) is 0 Å². The van der Waals surface area contributed by atoms with Crippen molar-refractivity contribution in [3.8, 4) is 0 Å². The Morgan fingerprint density at radius 2 is 1.50 bits per heavy atom. The first kappa shape index (κ1) is 13.3. The number of rotatable bonds is 2. The van der Waals surface area contributed by atoms with Gasteiger partial charge in [0.15, 0.2) is 0 Å². The molecule has 2 nitrogen and oxygen atoms in total. The number of halogens is 3. The summed E-state index contributed by atoms with van der Waals surface area (Å²) in [4.78, 5) is -0.496. The zero-order valence-corrected chi connectivity index (χ0v) is 9.64. The van der Waals surface area contributed by atoms with Gasteiger partial charge in [-0.25, -0.2) is 0 Å². The summed E-state index contributed by atoms with van der Waals surface area (Å²) in [7, 11) is -4.72. The average Bonchev–Trinajstić information content (AvgIpc) is 2.16. The maximum absolute atomic E-state index is 12.3. The fourth-order valence-electron chi connectivity index (χ4n) is 1.18. The monoisotopic (exact) mass is 254 g/mol. The molecule has 0 heterocycles. The van der Waals surface area contributed by atoms with E-state index >= 15 is 0 Å². The van der Waals surface area contributed by atoms with Gasteiger partial charge in [-0.05, 0) is 23.6 Å². The smallest absolute Gasteiger partial charge is 0.288 e. The van der Waals surface area contributed by atoms with Crippen LogP contribution in [0.5, 0.6) is 0 Å². The molecule has 0 bridgehead atoms. The number of alkyl halides is 3. The van der Waals surface area contributed by atoms with Gasteiger partial charge in [-0.1, -0.05) is 36.6 Å². The highest BCUT2D eigenvalue weighted by Crippen LogP contribution is 2.61. The minimum absolute atomic E-state index is 0.182. The molecule has 0 unspecified atom stereocenters. The molecule has 6 heteroatoms. The zero-order valence-electron chi connectivity index (χ0n) is 8.82. The van der Waals surface area contributed by atoms with Crippen LogP contribution in [0.25, 0.3) is 0 Å². The molecule has 0 saturated heterocycles. The summed E-state index contributed by atoms with van der Waals surface area (Å²) in [5, 5.41) is 0. The first-order valence-electron chi connectivity index (χ1n) is 4.61. The highest BCUT2D eigenvalue weighted by atomic mass is 32.3. The van der Waals surface area contributed by atoms with Gasteiger partial charge in [0.2, 0.25) is 0 Å². The summed E-state index contributed by atoms with van der Waals surface area (Å²) in [6.45, 7) is 3.80. The molecule has 0 saturated carbocycles. The van der Waals surface area contributed by atoms with E-state index in [4.69, 9.17) is 9.11 Å². The predicted molar refractivity (Wildman–Crippen MR) is 57.7 cm³/mol. The molecule has 0 spiro atoms. The molecule has 0 aliphatic heterocycles. The second-order valence-electron chi connectivity index (χ2n) is 3.72. The normalized spacial score (nSPS) is 14.2. The van der Waals surface area contributed by atoms with Crippen molar-refractivity contribution in [2.45, 2.75) is 30.2 Å². The molecule has 1 aromatic carbocycles. The van der Waals surface area contributed by atoms with E-state index in [-0.39, 0.29) is 5.92 Å². The van der Waals surface area contributed by atoms with E-state index in [1.54, 1.807) is 0 Å². The summed E-state index contributed by atoms with van der Waals surface area (Å²) in [5.41, 5.74) is -4.17. The largest absolute Gasteiger partial charge is 0.500 e. The van der Waals surface area contributed by atoms with Gasteiger partial charge in [-0.2, -0.15) is 13.2 Å². The molecule has 1 rings (SSSR count). The molecule has 0 aliphatic carbocycles. The van der Waals surface area contributed by atoms with E-state index < -0.39 is 21.0 Å². The SMILES string of the molecule is CC(C)c1ccc(S(O)(O)C(F)(F)F)cc1. The van der Waals surface area contributed by atoms with Crippen molar-refractivity contribution in [2.75, 3.05) is 0 Å². The molecular formula is C10H13F3O2S. The molecule has 16 heavy (non-hydrogen) atoms. The van der Waals surface area contributed by atoms with Crippen LogP contribution in [0.4, 0.5) is 13.2 Å². The fraction of sp³-hybridized carbons (Fsp3) is 0.400. The van der Waals surface area contributed by atoms with Gasteiger partial charge < -0.3 is 0 Å². The Balaban J connectivity index is 3.07. The Kier molecular flexibility index (Phi) is 3.56. The van der Waals surface area contributed by atoms with E-state index in [0.29, 0.717) is 0 Å². The van der Waals surface area contributed by atoms with Crippen molar-refractivity contribution >= 4 is 10.6 Å². The van der Waals surface area contributed by atoms with Crippen LogP contribution >= 0.6 is 10.6 Å². The van der Waals surface area contributed by atoms with Crippen molar-refractivity contribution < 1.29 is 22.3 Å². The Morgan fingerprint density at radius 1 is 1.06 bits per heavy atom. The topological polar surface area (TPSA) is 40.5 Å². The average molecular weight is 254 g/mol. The maximum Gasteiger partial charge on any atom is 0.500 e. The summed E-state index contributed by atoms with van der Waals surface area (Å²) in [6, 6.07) is 5.16. The van der Waals surface area contributed by atoms with Crippen molar-refractivity contribution in [3.05, 3.63) is 29.8 Å². The maximum atomic E-state index is 12.3. The van der Waals surface area contributed by atoms with Crippen LogP contribution in [0.2, 0.25) is 0 Å². The molecule has 0 amide bonds. The van der Waals surface area contributed by atoms with Crippen molar-refractivity contribution in [3.63, 3.8) is 0 Å². The summed E-state index contributed by atoms with van der Waals surface area (Å²) < 4.78 is 55.1. The lowest BCUT2D eigenvalue weighted by Gasteiger charge is -2.33. The van der Waals surface area contributed by atoms with Gasteiger partial charge >= 0.3 is 5.51 Å². The van der Waals surface area contributed by atoms with Crippen LogP contribution in [0, 0.1) is 0 Å². The molecule has 0 aliphatic rings. The van der Waals surface area contributed by atoms with Crippen molar-refractivity contribution in [2.24, 2.45) is 0 Å². The highest BCUT2D eigenvalue weighted by Gasteiger charge is 2.46. The van der Waals surface area contributed by atoms with Gasteiger partial charge in [0.05, 0.1) is 4.90 Å². The molecule has 0 radical (unpaired) electrons. The fourth-order valence-corrected chi connectivity index (χ4v) is 1.96. The van der Waals surface area contributed by atoms with E-state index in [1.165, 1.54) is 12.1 Å². The Morgan fingerprint density at radius 3 is 1.81 bits per heavy atom. The summed E-state index contributed by atoms with van der Waals surface area (Å²) in [6.07, 6.45) is 0. The van der Waals surface area contributed by atoms with Crippen LogP contribution in [0.15, 0.2) is 29.2 Å². The first-order chi connectivity index (χ1) is 7.16. The van der Waals surface area contributed by atoms with E-state index in [9.17, 15) is 13.2 Å². The van der Waals surface area contributed by atoms with E-state index in [2.05, 4.69) is 0 Å². The standard InChI is InChI=1S/C10H13F3O2S/c1-7(2)8-3-5-9(6-4-8)16(14,15)10(11,12)13/h3-7,14-15H,1-2H3. The number of benzene rings is 1. The van der Waals surface area contributed by atoms with Crippen LogP contribution in [0.1, 0.15) is 25.3 Å². The summed E-state index contributed by atoms with van der Waals surface area (Å²) in [5.74, 6) is 0.182. The minimum Gasteiger partial charge on any atom is -0.288 e. The zero-order chi connectivity index (χ0) is 12.6. The van der Waals surface area contributed by atoms with Crippen LogP contribution in [-0.2, 0) is 0 Å². The second-order valence-corrected chi connectivity index (χ2v) is 5.75. The van der Waals surface area contributed by atoms with Gasteiger partial charge in [0.1, 0.15) is 0 Å². The molecule has 0 fully saturated rings. The van der Waals surface area contributed by atoms with Crippen molar-refractivity contribution in [1.82, 2.24) is 0 Å². The lowest BCUT2D eigenvalue weighted by molar-refractivity contribution is -0.0526. The van der Waals surface area contributed by atoms with Gasteiger partial charge in [-0.15, -0.1) is 0 Å². The third-order valence-electron chi connectivity index (χ3n) is 2.20. The highest BCUT2D eigenvalue weighted by molar-refractivity contribution is 8.25. The lowest BCUT2D eigenvalue weighted by Crippen LogP contribution is -2.19. The Hall–Kier alpha value is -0.720. The second kappa shape index (κ2) is 4.27. The minimum atomic E-state index is -5.02. The molecule has 0 atom stereocenters. The first-order valence-corrected chi connectivity index (χ1v) is 6.15. The van der Waals surface area contributed by atoms with Crippen LogP contribution in [-0.4, -0.2) is 14.6 Å². The molecule has 0 aromatic heterocycles. The summed E-state index contributed by atoms with van der Waals surface area (Å²) >= 11 is 0. The number of hydrogen-bond acceptors (Lipinski definition) is 2. The quantitative estimate of drug-likeness (QED) is 0.819. The number of hydrogen-bond donors (Lipinski definition) is 2. The molecular weight excluding hydrogens is 241 g/mol. The predicted octanol–water partition coefficient (Wildman–Crippen LogP) is 4.44. The molecule has 2 N–H and O–H groups in total. The lowest BCUT2D eigenvalue weighted by atomic mass is 10.0. The van der Waals surface area contributed by atoms with E-state index in [0.717, 1.165) is 17.7 Å². The molecule has 1 aromatic rings.